The van der Waals surface area contributed by atoms with Crippen molar-refractivity contribution in [1.82, 2.24) is 4.98 Å². The maximum absolute atomic E-state index is 12.7. The quantitative estimate of drug-likeness (QED) is 0.311. The molecule has 1 heterocycles. The molecule has 0 fully saturated rings. The summed E-state index contributed by atoms with van der Waals surface area (Å²) in [6.45, 7) is 8.71. The Bertz CT molecular complexity index is 1030. The first-order chi connectivity index (χ1) is 14.0. The number of ether oxygens (including phenoxy) is 1. The van der Waals surface area contributed by atoms with E-state index in [1.807, 2.05) is 6.92 Å². The smallest absolute Gasteiger partial charge is 0.466 e. The van der Waals surface area contributed by atoms with Gasteiger partial charge in [-0.25, -0.2) is 4.98 Å². The Kier molecular flexibility index (Phi) is 9.30. The number of thiazole rings is 1. The molecule has 13 heteroatoms. The van der Waals surface area contributed by atoms with E-state index in [-0.39, 0.29) is 22.4 Å². The number of rotatable bonds is 6. The van der Waals surface area contributed by atoms with E-state index in [0.717, 1.165) is 17.8 Å². The van der Waals surface area contributed by atoms with Crippen molar-refractivity contribution < 1.29 is 40.4 Å². The minimum Gasteiger partial charge on any atom is -0.466 e. The van der Waals surface area contributed by atoms with Crippen LogP contribution < -0.4 is 4.18 Å². The molecule has 0 radical (unpaired) electrons. The summed E-state index contributed by atoms with van der Waals surface area (Å²) in [5.74, 6) is -1.29. The van der Waals surface area contributed by atoms with Crippen molar-refractivity contribution in [2.45, 2.75) is 58.6 Å². The first kappa shape index (κ1) is 27.6. The number of aryl methyl sites for hydroxylation is 1. The van der Waals surface area contributed by atoms with E-state index < -0.39 is 39.4 Å². The van der Waals surface area contributed by atoms with Crippen LogP contribution in [0.4, 0.5) is 13.2 Å². The number of carbonyl (C=O) groups is 1. The van der Waals surface area contributed by atoms with Crippen molar-refractivity contribution in [2.75, 3.05) is 6.61 Å². The number of benzene rings is 1. The van der Waals surface area contributed by atoms with Crippen LogP contribution in [0.15, 0.2) is 9.98 Å². The number of carbonyl (C=O) groups excluding carboxylic acids is 1. The maximum Gasteiger partial charge on any atom is 0.534 e. The van der Waals surface area contributed by atoms with Gasteiger partial charge in [0.05, 0.1) is 28.8 Å². The van der Waals surface area contributed by atoms with Gasteiger partial charge >= 0.3 is 21.6 Å². The first-order valence-electron chi connectivity index (χ1n) is 8.99. The second-order valence-electron chi connectivity index (χ2n) is 6.95. The number of esters is 1. The fraction of sp³-hybridized carbons (Fsp3) is 0.556. The molecule has 2 rings (SSSR count). The first-order valence-corrected chi connectivity index (χ1v) is 12.0. The number of hydrogen-bond donors (Lipinski definition) is 1. The zero-order valence-corrected chi connectivity index (χ0v) is 20.7. The van der Waals surface area contributed by atoms with Crippen LogP contribution in [0.25, 0.3) is 10.2 Å². The van der Waals surface area contributed by atoms with Crippen LogP contribution in [-0.4, -0.2) is 42.2 Å². The molecule has 0 saturated heterocycles. The van der Waals surface area contributed by atoms with Crippen LogP contribution in [0.1, 0.15) is 45.2 Å². The van der Waals surface area contributed by atoms with Crippen LogP contribution in [0, 0.1) is 6.92 Å². The lowest BCUT2D eigenvalue weighted by atomic mass is 10.0. The number of alkyl halides is 3. The van der Waals surface area contributed by atoms with Gasteiger partial charge in [-0.15, -0.1) is 11.3 Å². The molecule has 0 unspecified atom stereocenters. The molecule has 0 spiro atoms. The third-order valence-corrected chi connectivity index (χ3v) is 6.38. The Labute approximate surface area is 190 Å². The van der Waals surface area contributed by atoms with Gasteiger partial charge in [0.25, 0.3) is 0 Å². The Hall–Kier alpha value is -1.44. The average molecular weight is 550 g/mol. The molecule has 1 N–H and O–H groups in total. The van der Waals surface area contributed by atoms with Crippen molar-refractivity contribution in [2.24, 2.45) is 0 Å². The number of nitrogens with zero attached hydrogens (tertiary/aromatic N) is 1. The Morgan fingerprint density at radius 1 is 1.29 bits per heavy atom. The lowest BCUT2D eigenvalue weighted by molar-refractivity contribution is -0.142. The predicted octanol–water partition coefficient (Wildman–Crippen LogP) is 4.87. The van der Waals surface area contributed by atoms with Crippen LogP contribution in [0.3, 0.4) is 0 Å². The van der Waals surface area contributed by atoms with Crippen molar-refractivity contribution in [3.05, 3.63) is 21.1 Å². The number of aromatic nitrogens is 1. The normalized spacial score (nSPS) is 12.3. The molecule has 176 valence electrons. The highest BCUT2D eigenvalue weighted by molar-refractivity contribution is 9.11. The minimum absolute atomic E-state index is 0.00470. The summed E-state index contributed by atoms with van der Waals surface area (Å²) in [4.78, 5) is 15.8. The fourth-order valence-electron chi connectivity index (χ4n) is 1.99. The highest BCUT2D eigenvalue weighted by Crippen LogP contribution is 2.41. The molecule has 1 aromatic heterocycles. The van der Waals surface area contributed by atoms with Gasteiger partial charge in [-0.3, -0.25) is 4.79 Å². The Morgan fingerprint density at radius 2 is 1.84 bits per heavy atom. The van der Waals surface area contributed by atoms with Crippen LogP contribution in [0.2, 0.25) is 0 Å². The zero-order chi connectivity index (χ0) is 24.2. The van der Waals surface area contributed by atoms with E-state index in [9.17, 15) is 26.4 Å². The van der Waals surface area contributed by atoms with Gasteiger partial charge in [0.1, 0.15) is 0 Å². The van der Waals surface area contributed by atoms with Gasteiger partial charge in [-0.05, 0) is 61.7 Å². The molecule has 0 aliphatic heterocycles. The van der Waals surface area contributed by atoms with Crippen LogP contribution in [-0.2, 0) is 26.1 Å². The maximum atomic E-state index is 12.7. The summed E-state index contributed by atoms with van der Waals surface area (Å²) in [5.41, 5.74) is -5.47. The molecule has 0 aliphatic rings. The summed E-state index contributed by atoms with van der Waals surface area (Å²) < 4.78 is 70.6. The Balaban J connectivity index is 0.000000703. The second-order valence-corrected chi connectivity index (χ2v) is 10.8. The molecule has 0 saturated carbocycles. The summed E-state index contributed by atoms with van der Waals surface area (Å²) in [5, 5.41) is 8.83. The van der Waals surface area contributed by atoms with Crippen LogP contribution in [0.5, 0.6) is 5.75 Å². The highest BCUT2D eigenvalue weighted by atomic mass is 79.9. The van der Waals surface area contributed by atoms with Crippen molar-refractivity contribution >= 4 is 53.6 Å². The molecule has 31 heavy (non-hydrogen) atoms. The van der Waals surface area contributed by atoms with Gasteiger partial charge < -0.3 is 14.0 Å². The Morgan fingerprint density at radius 3 is 2.29 bits per heavy atom. The minimum atomic E-state index is -5.91. The topological polar surface area (TPSA) is 103 Å². The predicted molar refractivity (Wildman–Crippen MR) is 115 cm³/mol. The van der Waals surface area contributed by atoms with Crippen molar-refractivity contribution in [3.8, 4) is 5.75 Å². The SMILES string of the molecule is CCC(C)(C)O.CCOC(=O)Cc1c(C)cc2nc(Br)sc2c1OS(=O)(=O)C(F)(F)F. The average Bonchev–Trinajstić information content (AvgIpc) is 2.97. The number of fused-ring (bicyclic) bond motifs is 1. The molecule has 0 atom stereocenters. The van der Waals surface area contributed by atoms with Gasteiger partial charge in [-0.2, -0.15) is 21.6 Å². The van der Waals surface area contributed by atoms with Crippen molar-refractivity contribution in [1.29, 1.82) is 0 Å². The zero-order valence-electron chi connectivity index (χ0n) is 17.5. The van der Waals surface area contributed by atoms with E-state index >= 15 is 0 Å². The highest BCUT2D eigenvalue weighted by Gasteiger charge is 2.49. The molecule has 7 nitrogen and oxygen atoms in total. The van der Waals surface area contributed by atoms with Gasteiger partial charge in [0, 0.05) is 5.56 Å². The van der Waals surface area contributed by atoms with Crippen LogP contribution >= 0.6 is 27.3 Å². The third-order valence-electron chi connectivity index (χ3n) is 3.90. The van der Waals surface area contributed by atoms with E-state index in [0.29, 0.717) is 9.48 Å². The molecule has 2 aromatic rings. The third kappa shape index (κ3) is 7.88. The second kappa shape index (κ2) is 10.5. The lowest BCUT2D eigenvalue weighted by Crippen LogP contribution is -2.28. The summed E-state index contributed by atoms with van der Waals surface area (Å²) >= 11 is 3.98. The van der Waals surface area contributed by atoms with Gasteiger partial charge in [0.2, 0.25) is 0 Å². The largest absolute Gasteiger partial charge is 0.534 e. The molecular formula is C18H23BrF3NO6S2. The standard InChI is InChI=1S/C13H11BrF3NO5S2.C5H12O/c1-3-22-9(19)5-7-6(2)4-8-11(24-12(14)18-8)10(7)23-25(20,21)13(15,16)17;1-4-5(2,3)6/h4H,3,5H2,1-2H3;6H,4H2,1-3H3. The monoisotopic (exact) mass is 549 g/mol. The summed E-state index contributed by atoms with van der Waals surface area (Å²) in [6, 6.07) is 1.53. The van der Waals surface area contributed by atoms with Gasteiger partial charge in [0.15, 0.2) is 9.67 Å². The van der Waals surface area contributed by atoms with Crippen molar-refractivity contribution in [3.63, 3.8) is 0 Å². The molecular weight excluding hydrogens is 527 g/mol. The fourth-order valence-corrected chi connectivity index (χ4v) is 4.00. The number of hydrogen-bond acceptors (Lipinski definition) is 8. The van der Waals surface area contributed by atoms with Gasteiger partial charge in [-0.1, -0.05) is 6.92 Å². The molecule has 1 aromatic carbocycles. The molecule has 0 bridgehead atoms. The van der Waals surface area contributed by atoms with E-state index in [1.165, 1.54) is 13.0 Å². The lowest BCUT2D eigenvalue weighted by Gasteiger charge is -2.15. The molecule has 0 amide bonds. The van der Waals surface area contributed by atoms with E-state index in [1.54, 1.807) is 20.8 Å². The summed E-state index contributed by atoms with van der Waals surface area (Å²) in [7, 11) is -5.91. The van der Waals surface area contributed by atoms with E-state index in [4.69, 9.17) is 9.84 Å². The van der Waals surface area contributed by atoms with E-state index in [2.05, 4.69) is 25.1 Å². The number of halogens is 4. The molecule has 0 aliphatic carbocycles. The number of aliphatic hydroxyl groups is 1. The summed E-state index contributed by atoms with van der Waals surface area (Å²) in [6.07, 6.45) is 0.390.